The number of anilines is 2. The van der Waals surface area contributed by atoms with Crippen molar-refractivity contribution < 1.29 is 17.0 Å². The molecule has 0 fully saturated rings. The summed E-state index contributed by atoms with van der Waals surface area (Å²) >= 11 is 12.6. The van der Waals surface area contributed by atoms with Crippen LogP contribution in [0.3, 0.4) is 0 Å². The van der Waals surface area contributed by atoms with Gasteiger partial charge in [0.15, 0.2) is 0 Å². The lowest BCUT2D eigenvalue weighted by molar-refractivity contribution is -0.00000712. The molecule has 0 spiro atoms. The first-order valence-electron chi connectivity index (χ1n) is 11.4. The van der Waals surface area contributed by atoms with E-state index in [1.807, 2.05) is 24.3 Å². The Bertz CT molecular complexity index is 1410. The Morgan fingerprint density at radius 1 is 0.622 bits per heavy atom. The maximum Gasteiger partial charge on any atom is 0.222 e. The number of rotatable bonds is 6. The van der Waals surface area contributed by atoms with Crippen molar-refractivity contribution in [2.75, 3.05) is 11.5 Å². The lowest BCUT2D eigenvalue weighted by Gasteiger charge is -2.28. The number of nitrogen functional groups attached to an aromatic ring is 2. The van der Waals surface area contributed by atoms with E-state index in [-0.39, 0.29) is 22.9 Å². The molecule has 0 bridgehead atoms. The van der Waals surface area contributed by atoms with Crippen molar-refractivity contribution in [1.29, 1.82) is 0 Å². The average molecular weight is 610 g/mol. The summed E-state index contributed by atoms with van der Waals surface area (Å²) in [5, 5.41) is 4.61. The summed E-state index contributed by atoms with van der Waals surface area (Å²) in [7, 11) is -2.24. The highest BCUT2D eigenvalue weighted by molar-refractivity contribution is 7.95. The standard InChI is InChI=1S/C29H24Cl2N4P.BrH/c30-24-17-16-20(18-25(24)31)27-26(34-29(33)35-28(27)32)19-36(21-10-4-1-5-11-21,22-12-6-2-7-13-22)23-14-8-3-9-15-23;/h1-18H,19H2,(H4,32,33,34,35);1H/q+1;/p-1. The first-order valence-corrected chi connectivity index (χ1v) is 14.1. The lowest BCUT2D eigenvalue weighted by Crippen LogP contribution is -3.00. The van der Waals surface area contributed by atoms with Gasteiger partial charge in [0.05, 0.1) is 15.7 Å². The summed E-state index contributed by atoms with van der Waals surface area (Å²) in [6, 6.07) is 37.2. The van der Waals surface area contributed by atoms with Crippen LogP contribution in [-0.4, -0.2) is 9.97 Å². The van der Waals surface area contributed by atoms with Gasteiger partial charge in [-0.1, -0.05) is 83.9 Å². The second-order valence-corrected chi connectivity index (χ2v) is 12.7. The molecule has 4 aromatic carbocycles. The Morgan fingerprint density at radius 3 is 1.57 bits per heavy atom. The van der Waals surface area contributed by atoms with Gasteiger partial charge in [0.25, 0.3) is 0 Å². The predicted molar refractivity (Wildman–Crippen MR) is 155 cm³/mol. The molecular weight excluding hydrogens is 586 g/mol. The second-order valence-electron chi connectivity index (χ2n) is 8.39. The Morgan fingerprint density at radius 2 is 1.11 bits per heavy atom. The van der Waals surface area contributed by atoms with Crippen molar-refractivity contribution >= 4 is 58.1 Å². The van der Waals surface area contributed by atoms with E-state index in [9.17, 15) is 0 Å². The number of hydrogen-bond donors (Lipinski definition) is 2. The second kappa shape index (κ2) is 11.6. The van der Waals surface area contributed by atoms with Gasteiger partial charge in [0.2, 0.25) is 5.95 Å². The summed E-state index contributed by atoms with van der Waals surface area (Å²) in [4.78, 5) is 9.05. The van der Waals surface area contributed by atoms with Gasteiger partial charge in [0.1, 0.15) is 35.2 Å². The molecule has 5 rings (SSSR count). The van der Waals surface area contributed by atoms with E-state index in [1.165, 1.54) is 15.9 Å². The number of halogens is 3. The minimum atomic E-state index is -2.24. The Balaban J connectivity index is 0.00000320. The van der Waals surface area contributed by atoms with Gasteiger partial charge in [-0.2, -0.15) is 4.98 Å². The van der Waals surface area contributed by atoms with Crippen molar-refractivity contribution in [2.45, 2.75) is 6.16 Å². The van der Waals surface area contributed by atoms with E-state index in [0.29, 0.717) is 22.0 Å². The van der Waals surface area contributed by atoms with Crippen LogP contribution in [0.2, 0.25) is 10.0 Å². The highest BCUT2D eigenvalue weighted by Crippen LogP contribution is 2.59. The zero-order chi connectivity index (χ0) is 25.1. The van der Waals surface area contributed by atoms with Crippen molar-refractivity contribution in [3.63, 3.8) is 0 Å². The van der Waals surface area contributed by atoms with Crippen LogP contribution in [0.15, 0.2) is 109 Å². The number of nitrogens with two attached hydrogens (primary N) is 2. The lowest BCUT2D eigenvalue weighted by atomic mass is 10.1. The van der Waals surface area contributed by atoms with Gasteiger partial charge in [-0.15, -0.1) is 0 Å². The maximum atomic E-state index is 6.48. The van der Waals surface area contributed by atoms with Crippen LogP contribution < -0.4 is 44.4 Å². The zero-order valence-electron chi connectivity index (χ0n) is 19.7. The Kier molecular flexibility index (Phi) is 8.51. The van der Waals surface area contributed by atoms with Crippen molar-refractivity contribution in [3.8, 4) is 11.1 Å². The monoisotopic (exact) mass is 608 g/mol. The highest BCUT2D eigenvalue weighted by Gasteiger charge is 2.46. The van der Waals surface area contributed by atoms with E-state index in [0.717, 1.165) is 16.8 Å². The first kappa shape index (κ1) is 27.1. The quantitative estimate of drug-likeness (QED) is 0.290. The molecule has 0 aliphatic heterocycles. The topological polar surface area (TPSA) is 77.8 Å². The Hall–Kier alpha value is -2.95. The van der Waals surface area contributed by atoms with E-state index in [4.69, 9.17) is 39.7 Å². The Labute approximate surface area is 237 Å². The molecule has 1 heterocycles. The summed E-state index contributed by atoms with van der Waals surface area (Å²) in [5.41, 5.74) is 14.9. The van der Waals surface area contributed by atoms with Gasteiger partial charge in [-0.3, -0.25) is 0 Å². The van der Waals surface area contributed by atoms with Gasteiger partial charge in [-0.25, -0.2) is 4.98 Å². The summed E-state index contributed by atoms with van der Waals surface area (Å²) in [6.45, 7) is 0. The van der Waals surface area contributed by atoms with Crippen LogP contribution >= 0.6 is 30.5 Å². The average Bonchev–Trinajstić information content (AvgIpc) is 2.90. The van der Waals surface area contributed by atoms with Crippen molar-refractivity contribution in [1.82, 2.24) is 9.97 Å². The molecule has 0 aliphatic carbocycles. The molecule has 4 nitrogen and oxygen atoms in total. The van der Waals surface area contributed by atoms with E-state index >= 15 is 0 Å². The minimum absolute atomic E-state index is 0. The van der Waals surface area contributed by atoms with E-state index in [1.54, 1.807) is 12.1 Å². The van der Waals surface area contributed by atoms with Crippen LogP contribution in [0.25, 0.3) is 11.1 Å². The smallest absolute Gasteiger partial charge is 0.222 e. The third-order valence-electron chi connectivity index (χ3n) is 6.22. The summed E-state index contributed by atoms with van der Waals surface area (Å²) in [6.07, 6.45) is 0.595. The molecule has 1 aromatic heterocycles. The van der Waals surface area contributed by atoms with Crippen molar-refractivity contribution in [3.05, 3.63) is 125 Å². The molecule has 8 heteroatoms. The fourth-order valence-corrected chi connectivity index (χ4v) is 9.08. The van der Waals surface area contributed by atoms with Crippen LogP contribution in [0.1, 0.15) is 5.69 Å². The molecule has 186 valence electrons. The van der Waals surface area contributed by atoms with Gasteiger partial charge in [0, 0.05) is 5.56 Å². The molecule has 0 saturated heterocycles. The summed E-state index contributed by atoms with van der Waals surface area (Å²) < 4.78 is 0. The number of aromatic nitrogens is 2. The van der Waals surface area contributed by atoms with Crippen LogP contribution in [0.5, 0.6) is 0 Å². The van der Waals surface area contributed by atoms with E-state index < -0.39 is 7.26 Å². The molecule has 4 N–H and O–H groups in total. The number of nitrogens with zero attached hydrogens (tertiary/aromatic N) is 2. The van der Waals surface area contributed by atoms with Gasteiger partial charge in [-0.05, 0) is 54.1 Å². The number of benzene rings is 4. The molecular formula is C29H24BrCl2N4P. The molecule has 0 radical (unpaired) electrons. The molecule has 0 unspecified atom stereocenters. The van der Waals surface area contributed by atoms with Crippen LogP contribution in [0.4, 0.5) is 11.8 Å². The molecule has 0 atom stereocenters. The normalized spacial score (nSPS) is 11.1. The van der Waals surface area contributed by atoms with Crippen LogP contribution in [-0.2, 0) is 6.16 Å². The predicted octanol–water partition coefficient (Wildman–Crippen LogP) is 3.11. The third-order valence-corrected chi connectivity index (χ3v) is 11.3. The zero-order valence-corrected chi connectivity index (χ0v) is 23.7. The van der Waals surface area contributed by atoms with Gasteiger partial charge >= 0.3 is 0 Å². The SMILES string of the molecule is Nc1nc(N)c(-c2ccc(Cl)c(Cl)c2)c(C[P+](c2ccccc2)(c2ccccc2)c2ccccc2)n1.[Br-]. The summed E-state index contributed by atoms with van der Waals surface area (Å²) in [5.74, 6) is 0.446. The third kappa shape index (κ3) is 5.37. The molecule has 0 aliphatic rings. The van der Waals surface area contributed by atoms with E-state index in [2.05, 4.69) is 77.8 Å². The molecule has 0 saturated carbocycles. The molecule has 5 aromatic rings. The van der Waals surface area contributed by atoms with Gasteiger partial charge < -0.3 is 28.4 Å². The largest absolute Gasteiger partial charge is 1.00 e. The molecule has 37 heavy (non-hydrogen) atoms. The fraction of sp³-hybridized carbons (Fsp3) is 0.0345. The first-order chi connectivity index (χ1) is 17.5. The van der Waals surface area contributed by atoms with Crippen molar-refractivity contribution in [2.24, 2.45) is 0 Å². The number of hydrogen-bond acceptors (Lipinski definition) is 4. The fourth-order valence-electron chi connectivity index (χ4n) is 4.62. The maximum absolute atomic E-state index is 6.48. The minimum Gasteiger partial charge on any atom is -1.00 e. The van der Waals surface area contributed by atoms with Crippen LogP contribution in [0, 0.1) is 0 Å². The molecule has 0 amide bonds. The highest BCUT2D eigenvalue weighted by atomic mass is 79.9.